The topological polar surface area (TPSA) is 9.72 Å². The van der Waals surface area contributed by atoms with Gasteiger partial charge in [0, 0.05) is 0 Å². The van der Waals surface area contributed by atoms with Crippen LogP contribution in [0.15, 0.2) is 0 Å². The third kappa shape index (κ3) is 2.45. The van der Waals surface area contributed by atoms with Gasteiger partial charge in [-0.05, 0) is 46.7 Å². The van der Waals surface area contributed by atoms with Crippen molar-refractivity contribution in [3.63, 3.8) is 0 Å². The lowest BCUT2D eigenvalue weighted by molar-refractivity contribution is 0.274. The van der Waals surface area contributed by atoms with Crippen molar-refractivity contribution in [2.75, 3.05) is 40.3 Å². The molecule has 1 fully saturated rings. The Morgan fingerprint density at radius 2 is 1.54 bits per heavy atom. The van der Waals surface area contributed by atoms with Crippen LogP contribution in [0.1, 0.15) is 20.3 Å². The first kappa shape index (κ1) is 11.0. The number of hydrogen-bond donors (Lipinski definition) is 0. The van der Waals surface area contributed by atoms with Gasteiger partial charge in [-0.1, -0.05) is 13.8 Å². The van der Waals surface area contributed by atoms with E-state index in [0.29, 0.717) is 7.12 Å². The van der Waals surface area contributed by atoms with E-state index in [9.17, 15) is 0 Å². The van der Waals surface area contributed by atoms with Gasteiger partial charge in [0.25, 0.3) is 0 Å². The van der Waals surface area contributed by atoms with Crippen molar-refractivity contribution in [3.05, 3.63) is 0 Å². The molecular weight excluding hydrogens is 161 g/mol. The van der Waals surface area contributed by atoms with Gasteiger partial charge in [-0.2, -0.15) is 0 Å². The summed E-state index contributed by atoms with van der Waals surface area (Å²) in [6.07, 6.45) is 1.30. The fraction of sp³-hybridized carbons (Fsp3) is 1.00. The van der Waals surface area contributed by atoms with Crippen LogP contribution in [0.5, 0.6) is 0 Å². The van der Waals surface area contributed by atoms with E-state index in [2.05, 4.69) is 42.4 Å². The van der Waals surface area contributed by atoms with Crippen LogP contribution in [0.2, 0.25) is 0 Å². The molecule has 3 nitrogen and oxygen atoms in total. The minimum absolute atomic E-state index is 0.517. The Hall–Kier alpha value is -0.0551. The summed E-state index contributed by atoms with van der Waals surface area (Å²) in [6, 6.07) is 0. The summed E-state index contributed by atoms with van der Waals surface area (Å²) in [5.74, 6) is 0. The van der Waals surface area contributed by atoms with Crippen LogP contribution in [-0.4, -0.2) is 61.8 Å². The van der Waals surface area contributed by atoms with Gasteiger partial charge in [-0.25, -0.2) is 0 Å². The molecule has 0 radical (unpaired) electrons. The quantitative estimate of drug-likeness (QED) is 0.592. The second-order valence-corrected chi connectivity index (χ2v) is 3.88. The molecule has 0 N–H and O–H groups in total. The Bertz CT molecular complexity index is 140. The third-order valence-corrected chi connectivity index (χ3v) is 2.95. The lowest BCUT2D eigenvalue weighted by Crippen LogP contribution is -2.63. The molecule has 13 heavy (non-hydrogen) atoms. The van der Waals surface area contributed by atoms with Crippen molar-refractivity contribution in [1.82, 2.24) is 14.4 Å². The highest BCUT2D eigenvalue weighted by Crippen LogP contribution is 2.10. The molecular formula is C9H22BN3. The van der Waals surface area contributed by atoms with Crippen molar-refractivity contribution < 1.29 is 0 Å². The van der Waals surface area contributed by atoms with E-state index in [1.165, 1.54) is 19.5 Å². The Labute approximate surface area is 82.8 Å². The van der Waals surface area contributed by atoms with E-state index >= 15 is 0 Å². The lowest BCUT2D eigenvalue weighted by Gasteiger charge is -2.42. The second kappa shape index (κ2) is 4.98. The predicted molar refractivity (Wildman–Crippen MR) is 58.6 cm³/mol. The molecule has 1 saturated heterocycles. The van der Waals surface area contributed by atoms with Crippen molar-refractivity contribution >= 4 is 7.12 Å². The second-order valence-electron chi connectivity index (χ2n) is 3.88. The summed E-state index contributed by atoms with van der Waals surface area (Å²) < 4.78 is 0. The standard InChI is InChI=1S/C9H22BN3/c1-5-13(6-2)10-11(3)8-7-9-12(10)4/h5-9H2,1-4H3. The maximum absolute atomic E-state index is 2.50. The largest absolute Gasteiger partial charge is 0.403 e. The number of nitrogens with zero attached hydrogens (tertiary/aromatic N) is 3. The van der Waals surface area contributed by atoms with Crippen molar-refractivity contribution in [2.24, 2.45) is 0 Å². The van der Waals surface area contributed by atoms with Crippen molar-refractivity contribution in [1.29, 1.82) is 0 Å². The Morgan fingerprint density at radius 3 is 1.92 bits per heavy atom. The zero-order valence-corrected chi connectivity index (χ0v) is 9.45. The predicted octanol–water partition coefficient (Wildman–Crippen LogP) is 0.580. The first-order chi connectivity index (χ1) is 6.20. The molecule has 0 unspecified atom stereocenters. The highest BCUT2D eigenvalue weighted by atomic mass is 15.3. The fourth-order valence-electron chi connectivity index (χ4n) is 2.24. The molecule has 1 aliphatic rings. The summed E-state index contributed by atoms with van der Waals surface area (Å²) in [6.45, 7) is 9.20. The van der Waals surface area contributed by atoms with E-state index in [1.54, 1.807) is 0 Å². The van der Waals surface area contributed by atoms with Crippen molar-refractivity contribution in [2.45, 2.75) is 20.3 Å². The van der Waals surface area contributed by atoms with E-state index in [1.807, 2.05) is 0 Å². The maximum atomic E-state index is 2.50. The van der Waals surface area contributed by atoms with Crippen LogP contribution in [0, 0.1) is 0 Å². The molecule has 0 aromatic rings. The van der Waals surface area contributed by atoms with Gasteiger partial charge in [0.15, 0.2) is 0 Å². The average Bonchev–Trinajstić information content (AvgIpc) is 2.11. The van der Waals surface area contributed by atoms with E-state index < -0.39 is 0 Å². The lowest BCUT2D eigenvalue weighted by atomic mass is 9.81. The number of hydrogen-bond acceptors (Lipinski definition) is 3. The van der Waals surface area contributed by atoms with E-state index in [4.69, 9.17) is 0 Å². The van der Waals surface area contributed by atoms with Crippen molar-refractivity contribution in [3.8, 4) is 0 Å². The normalized spacial score (nSPS) is 21.5. The third-order valence-electron chi connectivity index (χ3n) is 2.95. The van der Waals surface area contributed by atoms with E-state index in [-0.39, 0.29) is 0 Å². The smallest absolute Gasteiger partial charge is 0.317 e. The van der Waals surface area contributed by atoms with Crippen LogP contribution in [0.25, 0.3) is 0 Å². The summed E-state index contributed by atoms with van der Waals surface area (Å²) in [4.78, 5) is 7.38. The van der Waals surface area contributed by atoms with Gasteiger partial charge < -0.3 is 14.4 Å². The van der Waals surface area contributed by atoms with Gasteiger partial charge in [-0.3, -0.25) is 0 Å². The van der Waals surface area contributed by atoms with Gasteiger partial charge in [0.05, 0.1) is 0 Å². The molecule has 1 aliphatic heterocycles. The highest BCUT2D eigenvalue weighted by Gasteiger charge is 2.33. The van der Waals surface area contributed by atoms with Crippen LogP contribution in [0.4, 0.5) is 0 Å². The number of rotatable bonds is 3. The minimum Gasteiger partial charge on any atom is -0.317 e. The Balaban J connectivity index is 2.60. The Kier molecular flexibility index (Phi) is 4.23. The van der Waals surface area contributed by atoms with Gasteiger partial charge >= 0.3 is 7.12 Å². The summed E-state index contributed by atoms with van der Waals surface area (Å²) in [5.41, 5.74) is 0. The molecule has 1 rings (SSSR count). The molecule has 0 bridgehead atoms. The molecule has 0 aromatic carbocycles. The first-order valence-corrected chi connectivity index (χ1v) is 5.35. The van der Waals surface area contributed by atoms with Gasteiger partial charge in [-0.15, -0.1) is 0 Å². The van der Waals surface area contributed by atoms with Gasteiger partial charge in [0.1, 0.15) is 0 Å². The molecule has 0 atom stereocenters. The molecule has 1 heterocycles. The SMILES string of the molecule is CCN(CC)B1N(C)CCCN1C. The summed E-state index contributed by atoms with van der Waals surface area (Å²) in [7, 11) is 4.96. The average molecular weight is 183 g/mol. The highest BCUT2D eigenvalue weighted by molar-refractivity contribution is 6.49. The monoisotopic (exact) mass is 183 g/mol. The molecule has 76 valence electrons. The Morgan fingerprint density at radius 1 is 1.08 bits per heavy atom. The molecule has 0 aromatic heterocycles. The fourth-order valence-corrected chi connectivity index (χ4v) is 2.24. The zero-order chi connectivity index (χ0) is 9.84. The summed E-state index contributed by atoms with van der Waals surface area (Å²) >= 11 is 0. The maximum Gasteiger partial charge on any atom is 0.403 e. The van der Waals surface area contributed by atoms with E-state index in [0.717, 1.165) is 13.1 Å². The molecule has 0 saturated carbocycles. The molecule has 0 spiro atoms. The van der Waals surface area contributed by atoms with Gasteiger partial charge in [0.2, 0.25) is 0 Å². The zero-order valence-electron chi connectivity index (χ0n) is 9.45. The molecule has 0 aliphatic carbocycles. The van der Waals surface area contributed by atoms with Crippen LogP contribution in [-0.2, 0) is 0 Å². The first-order valence-electron chi connectivity index (χ1n) is 5.35. The molecule has 0 amide bonds. The van der Waals surface area contributed by atoms with Crippen LogP contribution in [0.3, 0.4) is 0 Å². The minimum atomic E-state index is 0.517. The summed E-state index contributed by atoms with van der Waals surface area (Å²) in [5, 5.41) is 0. The van der Waals surface area contributed by atoms with Crippen LogP contribution >= 0.6 is 0 Å². The molecule has 4 heteroatoms. The van der Waals surface area contributed by atoms with Crippen LogP contribution < -0.4 is 0 Å².